The van der Waals surface area contributed by atoms with Crippen LogP contribution in [0, 0.1) is 11.4 Å². The highest BCUT2D eigenvalue weighted by Gasteiger charge is 2.15. The first-order valence-corrected chi connectivity index (χ1v) is 5.82. The topological polar surface area (TPSA) is 61.4 Å². The maximum Gasteiger partial charge on any atom is 0.220 e. The quantitative estimate of drug-likeness (QED) is 0.766. The molecule has 2 rings (SSSR count). The van der Waals surface area contributed by atoms with Crippen LogP contribution in [-0.2, 0) is 6.54 Å². The lowest BCUT2D eigenvalue weighted by Crippen LogP contribution is -2.00. The molecule has 0 unspecified atom stereocenters. The number of nitrogens with zero attached hydrogens (tertiary/aromatic N) is 2. The predicted molar refractivity (Wildman–Crippen MR) is 67.9 cm³/mol. The van der Waals surface area contributed by atoms with Gasteiger partial charge >= 0.3 is 0 Å². The van der Waals surface area contributed by atoms with Crippen LogP contribution >= 0.6 is 0 Å². The van der Waals surface area contributed by atoms with Gasteiger partial charge in [0.1, 0.15) is 0 Å². The predicted octanol–water partition coefficient (Wildman–Crippen LogP) is 4.06. The molecule has 1 heterocycles. The van der Waals surface area contributed by atoms with Gasteiger partial charge in [-0.1, -0.05) is 32.0 Å². The third-order valence-electron chi connectivity index (χ3n) is 2.96. The number of fused-ring (bicyclic) bond motifs is 1. The SMILES string of the molecule is CC(C)CCn1c(O)c(N=N)c2ccccc21. The van der Waals surface area contributed by atoms with Crippen LogP contribution in [0.2, 0.25) is 0 Å². The van der Waals surface area contributed by atoms with E-state index in [1.54, 1.807) is 0 Å². The molecule has 0 amide bonds. The molecule has 2 N–H and O–H groups in total. The number of benzene rings is 1. The van der Waals surface area contributed by atoms with Gasteiger partial charge in [0.25, 0.3) is 0 Å². The van der Waals surface area contributed by atoms with Gasteiger partial charge < -0.3 is 9.67 Å². The standard InChI is InChI=1S/C13H17N3O/c1-9(2)7-8-16-11-6-4-3-5-10(11)12(15-14)13(16)17/h3-6,9,14,17H,7-8H2,1-2H3. The van der Waals surface area contributed by atoms with Crippen LogP contribution in [0.15, 0.2) is 29.4 Å². The van der Waals surface area contributed by atoms with Crippen molar-refractivity contribution >= 4 is 16.6 Å². The number of para-hydroxylation sites is 1. The van der Waals surface area contributed by atoms with Gasteiger partial charge in [-0.25, -0.2) is 5.53 Å². The van der Waals surface area contributed by atoms with Crippen molar-refractivity contribution in [3.8, 4) is 5.88 Å². The summed E-state index contributed by atoms with van der Waals surface area (Å²) in [5.41, 5.74) is 8.45. The van der Waals surface area contributed by atoms with E-state index in [0.717, 1.165) is 23.9 Å². The molecule has 90 valence electrons. The van der Waals surface area contributed by atoms with Crippen LogP contribution in [0.1, 0.15) is 20.3 Å². The van der Waals surface area contributed by atoms with Crippen molar-refractivity contribution in [1.82, 2.24) is 4.57 Å². The van der Waals surface area contributed by atoms with E-state index in [1.807, 2.05) is 28.8 Å². The Kier molecular flexibility index (Phi) is 3.13. The number of hydrogen-bond acceptors (Lipinski definition) is 3. The summed E-state index contributed by atoms with van der Waals surface area (Å²) in [5.74, 6) is 0.675. The molecule has 0 fully saturated rings. The van der Waals surface area contributed by atoms with E-state index in [1.165, 1.54) is 0 Å². The van der Waals surface area contributed by atoms with Crippen LogP contribution < -0.4 is 0 Å². The van der Waals surface area contributed by atoms with E-state index in [4.69, 9.17) is 5.53 Å². The lowest BCUT2D eigenvalue weighted by molar-refractivity contribution is 0.407. The Morgan fingerprint density at radius 3 is 2.71 bits per heavy atom. The minimum Gasteiger partial charge on any atom is -0.493 e. The number of rotatable bonds is 4. The Morgan fingerprint density at radius 2 is 2.06 bits per heavy atom. The monoisotopic (exact) mass is 231 g/mol. The highest BCUT2D eigenvalue weighted by Crippen LogP contribution is 2.38. The molecule has 0 saturated heterocycles. The van der Waals surface area contributed by atoms with Crippen LogP contribution in [-0.4, -0.2) is 9.67 Å². The van der Waals surface area contributed by atoms with Gasteiger partial charge in [0, 0.05) is 11.9 Å². The molecule has 2 aromatic rings. The molecular weight excluding hydrogens is 214 g/mol. The van der Waals surface area contributed by atoms with E-state index in [-0.39, 0.29) is 5.88 Å². The van der Waals surface area contributed by atoms with Gasteiger partial charge in [0.05, 0.1) is 5.52 Å². The molecule has 0 aliphatic rings. The number of aryl methyl sites for hydroxylation is 1. The molecule has 0 aliphatic heterocycles. The van der Waals surface area contributed by atoms with Crippen molar-refractivity contribution in [3.63, 3.8) is 0 Å². The normalized spacial score (nSPS) is 11.2. The number of nitrogens with one attached hydrogen (secondary N) is 1. The Bertz CT molecular complexity index is 543. The molecule has 4 nitrogen and oxygen atoms in total. The van der Waals surface area contributed by atoms with Crippen molar-refractivity contribution < 1.29 is 5.11 Å². The molecule has 0 aliphatic carbocycles. The molecule has 1 aromatic carbocycles. The second-order valence-corrected chi connectivity index (χ2v) is 4.64. The third kappa shape index (κ3) is 2.02. The zero-order chi connectivity index (χ0) is 12.4. The number of hydrogen-bond donors (Lipinski definition) is 2. The highest BCUT2D eigenvalue weighted by molar-refractivity contribution is 5.94. The zero-order valence-corrected chi connectivity index (χ0v) is 10.1. The van der Waals surface area contributed by atoms with Crippen molar-refractivity contribution in [2.75, 3.05) is 0 Å². The summed E-state index contributed by atoms with van der Waals surface area (Å²) in [6.45, 7) is 5.05. The molecule has 0 atom stereocenters. The lowest BCUT2D eigenvalue weighted by Gasteiger charge is -2.08. The minimum absolute atomic E-state index is 0.0989. The highest BCUT2D eigenvalue weighted by atomic mass is 16.3. The van der Waals surface area contributed by atoms with Gasteiger partial charge in [0.2, 0.25) is 5.88 Å². The Morgan fingerprint density at radius 1 is 1.35 bits per heavy atom. The summed E-state index contributed by atoms with van der Waals surface area (Å²) >= 11 is 0. The van der Waals surface area contributed by atoms with Crippen molar-refractivity contribution in [2.24, 2.45) is 11.0 Å². The van der Waals surface area contributed by atoms with Crippen LogP contribution in [0.4, 0.5) is 5.69 Å². The second kappa shape index (κ2) is 4.57. The zero-order valence-electron chi connectivity index (χ0n) is 10.1. The summed E-state index contributed by atoms with van der Waals surface area (Å²) in [6, 6.07) is 7.66. The van der Waals surface area contributed by atoms with Crippen LogP contribution in [0.25, 0.3) is 10.9 Å². The van der Waals surface area contributed by atoms with E-state index >= 15 is 0 Å². The van der Waals surface area contributed by atoms with E-state index in [0.29, 0.717) is 11.6 Å². The summed E-state index contributed by atoms with van der Waals surface area (Å²) in [5, 5.41) is 14.3. The first-order chi connectivity index (χ1) is 8.15. The molecule has 17 heavy (non-hydrogen) atoms. The van der Waals surface area contributed by atoms with Gasteiger partial charge in [-0.2, -0.15) is 5.11 Å². The maximum absolute atomic E-state index is 10.1. The first kappa shape index (κ1) is 11.6. The molecule has 0 saturated carbocycles. The largest absolute Gasteiger partial charge is 0.493 e. The van der Waals surface area contributed by atoms with Crippen LogP contribution in [0.3, 0.4) is 0 Å². The van der Waals surface area contributed by atoms with Crippen molar-refractivity contribution in [1.29, 1.82) is 5.53 Å². The molecule has 1 aromatic heterocycles. The second-order valence-electron chi connectivity index (χ2n) is 4.64. The first-order valence-electron chi connectivity index (χ1n) is 5.82. The Labute approximate surface area is 100 Å². The molecule has 0 spiro atoms. The Hall–Kier alpha value is -1.84. The molecule has 0 radical (unpaired) electrons. The van der Waals surface area contributed by atoms with Crippen molar-refractivity contribution in [3.05, 3.63) is 24.3 Å². The maximum atomic E-state index is 10.1. The molecule has 0 bridgehead atoms. The average Bonchev–Trinajstić information content (AvgIpc) is 2.58. The fraction of sp³-hybridized carbons (Fsp3) is 0.385. The van der Waals surface area contributed by atoms with E-state index in [9.17, 15) is 5.11 Å². The molecule has 4 heteroatoms. The fourth-order valence-corrected chi connectivity index (χ4v) is 2.00. The van der Waals surface area contributed by atoms with E-state index in [2.05, 4.69) is 19.0 Å². The number of aromatic hydroxyl groups is 1. The van der Waals surface area contributed by atoms with Crippen LogP contribution in [0.5, 0.6) is 5.88 Å². The number of aromatic nitrogens is 1. The van der Waals surface area contributed by atoms with Gasteiger partial charge in [-0.15, -0.1) is 0 Å². The third-order valence-corrected chi connectivity index (χ3v) is 2.96. The fourth-order valence-electron chi connectivity index (χ4n) is 2.00. The van der Waals surface area contributed by atoms with Gasteiger partial charge in [0.15, 0.2) is 5.69 Å². The average molecular weight is 231 g/mol. The summed E-state index contributed by atoms with van der Waals surface area (Å²) in [6.07, 6.45) is 0.990. The van der Waals surface area contributed by atoms with Crippen molar-refractivity contribution in [2.45, 2.75) is 26.8 Å². The summed E-state index contributed by atoms with van der Waals surface area (Å²) < 4.78 is 1.84. The Balaban J connectivity index is 2.53. The smallest absolute Gasteiger partial charge is 0.220 e. The lowest BCUT2D eigenvalue weighted by atomic mass is 10.1. The van der Waals surface area contributed by atoms with Gasteiger partial charge in [-0.3, -0.25) is 0 Å². The van der Waals surface area contributed by atoms with E-state index < -0.39 is 0 Å². The van der Waals surface area contributed by atoms with Gasteiger partial charge in [-0.05, 0) is 18.4 Å². The summed E-state index contributed by atoms with van der Waals surface area (Å²) in [7, 11) is 0. The molecular formula is C13H17N3O. The summed E-state index contributed by atoms with van der Waals surface area (Å²) in [4.78, 5) is 0. The minimum atomic E-state index is 0.0989.